The number of aliphatic hydroxyl groups is 1. The Balaban J connectivity index is 1.45. The third kappa shape index (κ3) is 3.46. The number of fused-ring (bicyclic) bond motifs is 2. The van der Waals surface area contributed by atoms with Gasteiger partial charge in [0.05, 0.1) is 18.3 Å². The molecule has 2 atom stereocenters. The summed E-state index contributed by atoms with van der Waals surface area (Å²) in [6.07, 6.45) is 4.13. The molecule has 5 rings (SSSR count). The Morgan fingerprint density at radius 1 is 1.32 bits per heavy atom. The highest BCUT2D eigenvalue weighted by Crippen LogP contribution is 2.35. The van der Waals surface area contributed by atoms with Crippen molar-refractivity contribution in [2.75, 3.05) is 29.9 Å². The summed E-state index contributed by atoms with van der Waals surface area (Å²) >= 11 is 0. The second kappa shape index (κ2) is 7.45. The molecule has 3 aromatic rings. The molecule has 0 bridgehead atoms. The van der Waals surface area contributed by atoms with Gasteiger partial charge in [-0.15, -0.1) is 0 Å². The van der Waals surface area contributed by atoms with Gasteiger partial charge in [0.1, 0.15) is 23.1 Å². The second-order valence-electron chi connectivity index (χ2n) is 8.02. The summed E-state index contributed by atoms with van der Waals surface area (Å²) in [5.41, 5.74) is 2.13. The first kappa shape index (κ1) is 19.7. The van der Waals surface area contributed by atoms with Crippen molar-refractivity contribution in [2.45, 2.75) is 31.9 Å². The van der Waals surface area contributed by atoms with Crippen molar-refractivity contribution in [1.82, 2.24) is 19.5 Å². The van der Waals surface area contributed by atoms with Crippen LogP contribution in [0.3, 0.4) is 0 Å². The normalized spacial score (nSPS) is 19.2. The molecular formula is C21H22F2N6O2. The molecule has 162 valence electrons. The summed E-state index contributed by atoms with van der Waals surface area (Å²) in [7, 11) is 0. The predicted molar refractivity (Wildman–Crippen MR) is 110 cm³/mol. The molecule has 2 aliphatic heterocycles. The van der Waals surface area contributed by atoms with E-state index in [-0.39, 0.29) is 11.6 Å². The molecule has 2 aromatic heterocycles. The molecule has 31 heavy (non-hydrogen) atoms. The molecule has 0 saturated carbocycles. The summed E-state index contributed by atoms with van der Waals surface area (Å²) in [5.74, 6) is -0.288. The van der Waals surface area contributed by atoms with Crippen molar-refractivity contribution in [3.63, 3.8) is 0 Å². The Hall–Kier alpha value is -3.27. The number of β-amino-alcohol motifs (C(OH)–C–C–N with tert-alkyl or cyclic N) is 1. The standard InChI is InChI=1S/C21H22F2N6O2/c1-12(16-8-14(22)2-3-17(16)23)28-7-4-13-10-29-20(26-19(13)28)18(9-24-29)25-21(31)27-6-5-15(30)11-27/h2-3,8-10,12,15,30H,4-7,11H2,1H3,(H,25,31)/t12?,15-/m0/s1. The summed E-state index contributed by atoms with van der Waals surface area (Å²) in [4.78, 5) is 20.7. The average molecular weight is 428 g/mol. The monoisotopic (exact) mass is 428 g/mol. The van der Waals surface area contributed by atoms with Gasteiger partial charge >= 0.3 is 6.03 Å². The van der Waals surface area contributed by atoms with Gasteiger partial charge in [0.15, 0.2) is 5.65 Å². The lowest BCUT2D eigenvalue weighted by atomic mass is 10.1. The molecule has 4 heterocycles. The van der Waals surface area contributed by atoms with E-state index in [1.807, 2.05) is 18.0 Å². The minimum Gasteiger partial charge on any atom is -0.391 e. The van der Waals surface area contributed by atoms with Crippen LogP contribution in [-0.2, 0) is 6.42 Å². The molecule has 1 aromatic carbocycles. The quantitative estimate of drug-likeness (QED) is 0.670. The van der Waals surface area contributed by atoms with Crippen LogP contribution in [0.2, 0.25) is 0 Å². The van der Waals surface area contributed by atoms with Gasteiger partial charge in [0, 0.05) is 37.0 Å². The van der Waals surface area contributed by atoms with Gasteiger partial charge in [-0.05, 0) is 38.0 Å². The maximum absolute atomic E-state index is 14.3. The van der Waals surface area contributed by atoms with Crippen LogP contribution in [0.1, 0.15) is 30.5 Å². The first-order chi connectivity index (χ1) is 14.9. The first-order valence-electron chi connectivity index (χ1n) is 10.2. The number of halogens is 2. The van der Waals surface area contributed by atoms with E-state index in [1.54, 1.807) is 9.42 Å². The smallest absolute Gasteiger partial charge is 0.322 e. The average Bonchev–Trinajstić information content (AvgIpc) is 3.46. The fraction of sp³-hybridized carbons (Fsp3) is 0.381. The summed E-state index contributed by atoms with van der Waals surface area (Å²) in [6, 6.07) is 2.71. The second-order valence-corrected chi connectivity index (χ2v) is 8.02. The molecule has 2 amide bonds. The lowest BCUT2D eigenvalue weighted by molar-refractivity contribution is 0.176. The minimum absolute atomic E-state index is 0.268. The van der Waals surface area contributed by atoms with Crippen LogP contribution in [0.25, 0.3) is 5.65 Å². The Morgan fingerprint density at radius 3 is 2.94 bits per heavy atom. The van der Waals surface area contributed by atoms with Gasteiger partial charge in [-0.1, -0.05) is 0 Å². The number of aromatic nitrogens is 3. The largest absolute Gasteiger partial charge is 0.391 e. The Bertz CT molecular complexity index is 1170. The van der Waals surface area contributed by atoms with Crippen LogP contribution in [-0.4, -0.2) is 56.4 Å². The Morgan fingerprint density at radius 2 is 2.16 bits per heavy atom. The fourth-order valence-corrected chi connectivity index (χ4v) is 4.30. The highest BCUT2D eigenvalue weighted by atomic mass is 19.1. The number of benzene rings is 1. The SMILES string of the molecule is CC(c1cc(F)ccc1F)N1CCc2cn3ncc(NC(=O)N4CC[C@H](O)C4)c3nc21. The summed E-state index contributed by atoms with van der Waals surface area (Å²) in [5, 5.41) is 16.8. The minimum atomic E-state index is -0.505. The number of aliphatic hydroxyl groups excluding tert-OH is 1. The zero-order valence-corrected chi connectivity index (χ0v) is 16.9. The number of hydrogen-bond donors (Lipinski definition) is 2. The van der Waals surface area contributed by atoms with Gasteiger partial charge in [-0.2, -0.15) is 5.10 Å². The van der Waals surface area contributed by atoms with E-state index < -0.39 is 23.8 Å². The van der Waals surface area contributed by atoms with E-state index in [4.69, 9.17) is 4.98 Å². The van der Waals surface area contributed by atoms with Gasteiger partial charge in [-0.3, -0.25) is 0 Å². The molecule has 2 aliphatic rings. The molecule has 1 saturated heterocycles. The fourth-order valence-electron chi connectivity index (χ4n) is 4.30. The molecule has 0 radical (unpaired) electrons. The number of nitrogens with one attached hydrogen (secondary N) is 1. The van der Waals surface area contributed by atoms with E-state index in [0.29, 0.717) is 49.6 Å². The Kier molecular flexibility index (Phi) is 4.73. The van der Waals surface area contributed by atoms with Crippen molar-refractivity contribution in [1.29, 1.82) is 0 Å². The summed E-state index contributed by atoms with van der Waals surface area (Å²) < 4.78 is 29.7. The van der Waals surface area contributed by atoms with Crippen LogP contribution in [0.15, 0.2) is 30.6 Å². The zero-order chi connectivity index (χ0) is 21.7. The first-order valence-corrected chi connectivity index (χ1v) is 10.2. The number of anilines is 2. The lowest BCUT2D eigenvalue weighted by Crippen LogP contribution is -2.33. The van der Waals surface area contributed by atoms with E-state index in [9.17, 15) is 18.7 Å². The van der Waals surface area contributed by atoms with Crippen LogP contribution in [0.5, 0.6) is 0 Å². The van der Waals surface area contributed by atoms with Crippen molar-refractivity contribution in [2.24, 2.45) is 0 Å². The van der Waals surface area contributed by atoms with Gasteiger partial charge in [0.25, 0.3) is 0 Å². The topological polar surface area (TPSA) is 86.0 Å². The van der Waals surface area contributed by atoms with Gasteiger partial charge < -0.3 is 20.2 Å². The number of carbonyl (C=O) groups excluding carboxylic acids is 1. The number of amides is 2. The highest BCUT2D eigenvalue weighted by molar-refractivity contribution is 5.93. The maximum Gasteiger partial charge on any atom is 0.322 e. The predicted octanol–water partition coefficient (Wildman–Crippen LogP) is 2.73. The molecular weight excluding hydrogens is 406 g/mol. The lowest BCUT2D eigenvalue weighted by Gasteiger charge is -2.27. The van der Waals surface area contributed by atoms with E-state index in [1.165, 1.54) is 12.3 Å². The van der Waals surface area contributed by atoms with E-state index >= 15 is 0 Å². The molecule has 8 nitrogen and oxygen atoms in total. The number of nitrogens with zero attached hydrogens (tertiary/aromatic N) is 5. The van der Waals surface area contributed by atoms with Gasteiger partial charge in [0.2, 0.25) is 0 Å². The number of hydrogen-bond acceptors (Lipinski definition) is 5. The number of rotatable bonds is 3. The van der Waals surface area contributed by atoms with Crippen LogP contribution >= 0.6 is 0 Å². The van der Waals surface area contributed by atoms with Crippen LogP contribution in [0, 0.1) is 11.6 Å². The molecule has 0 aliphatic carbocycles. The van der Waals surface area contributed by atoms with E-state index in [0.717, 1.165) is 17.7 Å². The molecule has 1 fully saturated rings. The number of carbonyl (C=O) groups is 1. The van der Waals surface area contributed by atoms with Crippen molar-refractivity contribution in [3.8, 4) is 0 Å². The maximum atomic E-state index is 14.3. The summed E-state index contributed by atoms with van der Waals surface area (Å²) in [6.45, 7) is 3.20. The number of urea groups is 1. The van der Waals surface area contributed by atoms with Crippen molar-refractivity contribution in [3.05, 3.63) is 53.4 Å². The molecule has 2 N–H and O–H groups in total. The molecule has 10 heteroatoms. The molecule has 0 spiro atoms. The van der Waals surface area contributed by atoms with Crippen molar-refractivity contribution >= 4 is 23.2 Å². The van der Waals surface area contributed by atoms with Crippen LogP contribution in [0.4, 0.5) is 25.1 Å². The van der Waals surface area contributed by atoms with Crippen LogP contribution < -0.4 is 10.2 Å². The Labute approximate surface area is 177 Å². The van der Waals surface area contributed by atoms with Gasteiger partial charge in [-0.25, -0.2) is 23.1 Å². The number of likely N-dealkylation sites (tertiary alicyclic amines) is 1. The highest BCUT2D eigenvalue weighted by Gasteiger charge is 2.30. The third-order valence-electron chi connectivity index (χ3n) is 6.01. The van der Waals surface area contributed by atoms with E-state index in [2.05, 4.69) is 10.4 Å². The molecule has 1 unspecified atom stereocenters. The zero-order valence-electron chi connectivity index (χ0n) is 16.9. The third-order valence-corrected chi connectivity index (χ3v) is 6.01. The van der Waals surface area contributed by atoms with Crippen molar-refractivity contribution < 1.29 is 18.7 Å².